The van der Waals surface area contributed by atoms with Gasteiger partial charge in [-0.05, 0) is 6.92 Å². The summed E-state index contributed by atoms with van der Waals surface area (Å²) in [6.45, 7) is 0.851. The van der Waals surface area contributed by atoms with Gasteiger partial charge in [0.15, 0.2) is 5.60 Å². The summed E-state index contributed by atoms with van der Waals surface area (Å²) in [5.41, 5.74) is -1.81. The van der Waals surface area contributed by atoms with Crippen LogP contribution in [0.2, 0.25) is 0 Å². The Kier molecular flexibility index (Phi) is 6.28. The molecule has 1 fully saturated rings. The SMILES string of the molecule is CC1(C(F)(F)F)CO1.F.O=BI. The van der Waals surface area contributed by atoms with Crippen molar-refractivity contribution in [2.45, 2.75) is 18.7 Å². The van der Waals surface area contributed by atoms with Crippen LogP contribution in [0.4, 0.5) is 17.9 Å². The molecule has 1 saturated heterocycles. The van der Waals surface area contributed by atoms with E-state index in [0.29, 0.717) is 0 Å². The van der Waals surface area contributed by atoms with E-state index in [9.17, 15) is 13.2 Å². The van der Waals surface area contributed by atoms with Gasteiger partial charge in [0.1, 0.15) is 0 Å². The molecule has 1 unspecified atom stereocenters. The molecule has 12 heavy (non-hydrogen) atoms. The first-order valence-corrected chi connectivity index (χ1v) is 3.86. The van der Waals surface area contributed by atoms with Crippen molar-refractivity contribution in [3.05, 3.63) is 0 Å². The second-order valence-corrected chi connectivity index (χ2v) is 2.61. The number of rotatable bonds is 0. The maximum absolute atomic E-state index is 11.5. The maximum atomic E-state index is 11.5. The Hall–Kier alpha value is 0.275. The molecule has 0 bridgehead atoms. The third-order valence-electron chi connectivity index (χ3n) is 1.18. The van der Waals surface area contributed by atoms with E-state index in [4.69, 9.17) is 4.70 Å². The number of hydrogen-bond donors (Lipinski definition) is 0. The van der Waals surface area contributed by atoms with Crippen molar-refractivity contribution >= 4 is 27.4 Å². The zero-order valence-electron chi connectivity index (χ0n) is 6.02. The Balaban J connectivity index is 0. The van der Waals surface area contributed by atoms with Crippen LogP contribution in [0, 0.1) is 0 Å². The Morgan fingerprint density at radius 3 is 1.83 bits per heavy atom. The zero-order chi connectivity index (χ0) is 9.12. The average molecular weight is 300 g/mol. The summed E-state index contributed by atoms with van der Waals surface area (Å²) in [7, 11) is 0. The molecule has 1 heterocycles. The minimum atomic E-state index is -4.17. The molecule has 0 aromatic heterocycles. The molecule has 0 saturated carbocycles. The summed E-state index contributed by atoms with van der Waals surface area (Å²) in [4.78, 5) is 0. The molecule has 0 aliphatic carbocycles. The van der Waals surface area contributed by atoms with Crippen molar-refractivity contribution in [3.8, 4) is 0 Å². The Morgan fingerprint density at radius 1 is 1.58 bits per heavy atom. The molecule has 0 spiro atoms. The van der Waals surface area contributed by atoms with Gasteiger partial charge in [-0.1, -0.05) is 0 Å². The molecule has 0 radical (unpaired) electrons. The molecule has 1 atom stereocenters. The number of halogens is 5. The molecule has 1 aliphatic rings. The summed E-state index contributed by atoms with van der Waals surface area (Å²) < 4.78 is 47.4. The zero-order valence-corrected chi connectivity index (χ0v) is 8.18. The van der Waals surface area contributed by atoms with Gasteiger partial charge < -0.3 is 4.74 Å². The predicted octanol–water partition coefficient (Wildman–Crippen LogP) is 1.88. The van der Waals surface area contributed by atoms with Crippen LogP contribution in [0.1, 0.15) is 6.92 Å². The standard InChI is InChI=1S/C4H5F3O.BIO.FH/c1-3(2-8-3)4(5,6)7;2-1-3;/h2H2,1H3;;1H. The van der Waals surface area contributed by atoms with Crippen LogP contribution in [0.25, 0.3) is 0 Å². The summed E-state index contributed by atoms with van der Waals surface area (Å²) in [6.07, 6.45) is -4.17. The predicted molar refractivity (Wildman–Crippen MR) is 43.4 cm³/mol. The first kappa shape index (κ1) is 14.8. The van der Waals surface area contributed by atoms with E-state index in [2.05, 4.69) is 4.74 Å². The van der Waals surface area contributed by atoms with Gasteiger partial charge in [-0.15, -0.1) is 0 Å². The molecule has 0 aromatic rings. The second-order valence-electron chi connectivity index (χ2n) is 2.11. The molecule has 0 amide bonds. The van der Waals surface area contributed by atoms with Gasteiger partial charge in [0.2, 0.25) is 0 Å². The molecule has 0 aromatic carbocycles. The monoisotopic (exact) mass is 300 g/mol. The van der Waals surface area contributed by atoms with Gasteiger partial charge in [0.25, 0.3) is 0 Å². The topological polar surface area (TPSA) is 29.6 Å². The number of alkyl halides is 3. The average Bonchev–Trinajstić information content (AvgIpc) is 2.48. The van der Waals surface area contributed by atoms with Crippen molar-refractivity contribution in [1.29, 1.82) is 0 Å². The van der Waals surface area contributed by atoms with Crippen molar-refractivity contribution < 1.29 is 27.3 Å². The van der Waals surface area contributed by atoms with Crippen molar-refractivity contribution in [2.75, 3.05) is 6.61 Å². The minimum absolute atomic E-state index is 0. The Bertz CT molecular complexity index is 143. The van der Waals surface area contributed by atoms with E-state index in [1.54, 1.807) is 22.4 Å². The van der Waals surface area contributed by atoms with E-state index in [1.807, 2.05) is 0 Å². The first-order valence-electron chi connectivity index (χ1n) is 2.62. The van der Waals surface area contributed by atoms with Gasteiger partial charge in [0.05, 0.1) is 6.61 Å². The fourth-order valence-electron chi connectivity index (χ4n) is 0.272. The van der Waals surface area contributed by atoms with Gasteiger partial charge >= 0.3 is 38.3 Å². The number of ether oxygens (including phenoxy) is 1. The van der Waals surface area contributed by atoms with Gasteiger partial charge in [-0.3, -0.25) is 4.70 Å². The van der Waals surface area contributed by atoms with Crippen molar-refractivity contribution in [3.63, 3.8) is 0 Å². The van der Waals surface area contributed by atoms with Crippen LogP contribution < -0.4 is 0 Å². The molecule has 0 N–H and O–H groups in total. The van der Waals surface area contributed by atoms with E-state index in [-0.39, 0.29) is 11.3 Å². The molecule has 72 valence electrons. The number of hydrogen-bond acceptors (Lipinski definition) is 2. The Labute approximate surface area is 80.3 Å². The molecule has 1 rings (SSSR count). The van der Waals surface area contributed by atoms with Gasteiger partial charge in [-0.25, -0.2) is 0 Å². The fourth-order valence-corrected chi connectivity index (χ4v) is 0.272. The van der Waals surface area contributed by atoms with E-state index in [0.717, 1.165) is 11.9 Å². The first-order chi connectivity index (χ1) is 4.87. The fraction of sp³-hybridized carbons (Fsp3) is 1.00. The Morgan fingerprint density at radius 2 is 1.83 bits per heavy atom. The van der Waals surface area contributed by atoms with Crippen LogP contribution in [0.15, 0.2) is 0 Å². The van der Waals surface area contributed by atoms with Gasteiger partial charge in [-0.2, -0.15) is 13.2 Å². The van der Waals surface area contributed by atoms with Crippen molar-refractivity contribution in [2.24, 2.45) is 0 Å². The molecule has 2 nitrogen and oxygen atoms in total. The normalized spacial score (nSPS) is 25.8. The van der Waals surface area contributed by atoms with E-state index in [1.165, 1.54) is 0 Å². The van der Waals surface area contributed by atoms with Crippen LogP contribution in [0.5, 0.6) is 0 Å². The summed E-state index contributed by atoms with van der Waals surface area (Å²) in [6, 6.07) is 0. The molecular formula is C4H6BF4IO2. The third kappa shape index (κ3) is 4.34. The van der Waals surface area contributed by atoms with Crippen LogP contribution in [-0.4, -0.2) is 23.4 Å². The summed E-state index contributed by atoms with van der Waals surface area (Å²) >= 11 is 1.61. The van der Waals surface area contributed by atoms with Crippen LogP contribution in [0.3, 0.4) is 0 Å². The van der Waals surface area contributed by atoms with Crippen LogP contribution in [-0.2, 0) is 9.44 Å². The van der Waals surface area contributed by atoms with Gasteiger partial charge in [0, 0.05) is 0 Å². The second kappa shape index (κ2) is 5.10. The van der Waals surface area contributed by atoms with Crippen LogP contribution >= 0.6 is 22.4 Å². The van der Waals surface area contributed by atoms with E-state index < -0.39 is 11.8 Å². The third-order valence-corrected chi connectivity index (χ3v) is 1.18. The quantitative estimate of drug-likeness (QED) is 0.296. The molecule has 1 aliphatic heterocycles. The molecule has 8 heteroatoms. The van der Waals surface area contributed by atoms with Crippen molar-refractivity contribution in [1.82, 2.24) is 0 Å². The molecular weight excluding hydrogens is 294 g/mol. The summed E-state index contributed by atoms with van der Waals surface area (Å²) in [5, 5.41) is 0.720. The summed E-state index contributed by atoms with van der Waals surface area (Å²) in [5.74, 6) is 0. The number of epoxide rings is 1. The van der Waals surface area contributed by atoms with E-state index >= 15 is 0 Å².